The van der Waals surface area contributed by atoms with E-state index in [9.17, 15) is 0 Å². The van der Waals surface area contributed by atoms with Crippen LogP contribution in [0, 0.1) is 0 Å². The van der Waals surface area contributed by atoms with Gasteiger partial charge in [-0.05, 0) is 11.6 Å². The van der Waals surface area contributed by atoms with Gasteiger partial charge in [-0.3, -0.25) is 5.10 Å². The van der Waals surface area contributed by atoms with Crippen LogP contribution in [0.15, 0.2) is 42.6 Å². The second kappa shape index (κ2) is 5.69. The lowest BCUT2D eigenvalue weighted by Gasteiger charge is -2.21. The lowest BCUT2D eigenvalue weighted by molar-refractivity contribution is 0.169. The highest BCUT2D eigenvalue weighted by Gasteiger charge is 2.15. The highest BCUT2D eigenvalue weighted by Crippen LogP contribution is 2.33. The van der Waals surface area contributed by atoms with Crippen LogP contribution in [0.4, 0.5) is 0 Å². The number of nitrogens with zero attached hydrogens (tertiary/aromatic N) is 1. The van der Waals surface area contributed by atoms with Crippen molar-refractivity contribution in [2.24, 2.45) is 0 Å². The van der Waals surface area contributed by atoms with Gasteiger partial charge in [0.1, 0.15) is 13.2 Å². The van der Waals surface area contributed by atoms with Crippen LogP contribution in [0.3, 0.4) is 0 Å². The highest BCUT2D eigenvalue weighted by molar-refractivity contribution is 5.81. The number of ether oxygens (including phenoxy) is 2. The van der Waals surface area contributed by atoms with E-state index in [0.717, 1.165) is 41.1 Å². The van der Waals surface area contributed by atoms with Gasteiger partial charge in [0.25, 0.3) is 0 Å². The van der Waals surface area contributed by atoms with E-state index in [-0.39, 0.29) is 0 Å². The molecule has 0 unspecified atom stereocenters. The zero-order chi connectivity index (χ0) is 14.8. The van der Waals surface area contributed by atoms with Gasteiger partial charge in [-0.1, -0.05) is 30.3 Å². The van der Waals surface area contributed by atoms with Crippen LogP contribution in [0.25, 0.3) is 10.9 Å². The molecule has 0 amide bonds. The van der Waals surface area contributed by atoms with E-state index in [0.29, 0.717) is 13.2 Å². The number of benzene rings is 2. The van der Waals surface area contributed by atoms with Crippen molar-refractivity contribution in [3.63, 3.8) is 0 Å². The third-order valence-corrected chi connectivity index (χ3v) is 3.84. The summed E-state index contributed by atoms with van der Waals surface area (Å²) in [4.78, 5) is 0. The third kappa shape index (κ3) is 2.40. The van der Waals surface area contributed by atoms with Crippen molar-refractivity contribution in [3.05, 3.63) is 53.7 Å². The molecule has 5 heteroatoms. The summed E-state index contributed by atoms with van der Waals surface area (Å²) in [6, 6.07) is 12.2. The Bertz CT molecular complexity index is 797. The van der Waals surface area contributed by atoms with Crippen molar-refractivity contribution < 1.29 is 9.47 Å². The van der Waals surface area contributed by atoms with E-state index in [1.165, 1.54) is 5.56 Å². The Labute approximate surface area is 128 Å². The van der Waals surface area contributed by atoms with Crippen LogP contribution >= 0.6 is 0 Å². The topological polar surface area (TPSA) is 59.2 Å². The van der Waals surface area contributed by atoms with Crippen LogP contribution in [0.1, 0.15) is 11.1 Å². The number of rotatable bonds is 4. The SMILES string of the molecule is c1cc(CNCc2cccc3cn[nH]c23)c2c(c1)OCCO2. The molecule has 0 radical (unpaired) electrons. The maximum absolute atomic E-state index is 5.73. The summed E-state index contributed by atoms with van der Waals surface area (Å²) in [5, 5.41) is 11.7. The van der Waals surface area contributed by atoms with Gasteiger partial charge in [0.05, 0.1) is 11.7 Å². The Balaban J connectivity index is 1.48. The third-order valence-electron chi connectivity index (χ3n) is 3.84. The Morgan fingerprint density at radius 2 is 1.82 bits per heavy atom. The molecule has 22 heavy (non-hydrogen) atoms. The van der Waals surface area contributed by atoms with Gasteiger partial charge in [0.15, 0.2) is 11.5 Å². The van der Waals surface area contributed by atoms with Gasteiger partial charge in [-0.25, -0.2) is 0 Å². The first-order valence-electron chi connectivity index (χ1n) is 7.41. The first-order chi connectivity index (χ1) is 10.9. The lowest BCUT2D eigenvalue weighted by atomic mass is 10.1. The fourth-order valence-corrected chi connectivity index (χ4v) is 2.78. The van der Waals surface area contributed by atoms with Crippen molar-refractivity contribution in [1.82, 2.24) is 15.5 Å². The molecule has 0 fully saturated rings. The number of nitrogens with one attached hydrogen (secondary N) is 2. The molecule has 3 aromatic rings. The number of fused-ring (bicyclic) bond motifs is 2. The summed E-state index contributed by atoms with van der Waals surface area (Å²) in [5.74, 6) is 1.70. The molecule has 2 aromatic carbocycles. The predicted molar refractivity (Wildman–Crippen MR) is 84.1 cm³/mol. The monoisotopic (exact) mass is 295 g/mol. The summed E-state index contributed by atoms with van der Waals surface area (Å²) in [7, 11) is 0. The number of aromatic amines is 1. The summed E-state index contributed by atoms with van der Waals surface area (Å²) in [6.45, 7) is 2.73. The Hall–Kier alpha value is -2.53. The molecule has 2 N–H and O–H groups in total. The smallest absolute Gasteiger partial charge is 0.165 e. The first-order valence-corrected chi connectivity index (χ1v) is 7.41. The summed E-state index contributed by atoms with van der Waals surface area (Å²) in [5.41, 5.74) is 3.41. The van der Waals surface area contributed by atoms with Crippen molar-refractivity contribution >= 4 is 10.9 Å². The van der Waals surface area contributed by atoms with Crippen molar-refractivity contribution in [1.29, 1.82) is 0 Å². The van der Waals surface area contributed by atoms with Gasteiger partial charge in [-0.2, -0.15) is 5.10 Å². The fraction of sp³-hybridized carbons (Fsp3) is 0.235. The maximum Gasteiger partial charge on any atom is 0.165 e. The minimum absolute atomic E-state index is 0.609. The molecule has 1 aromatic heterocycles. The quantitative estimate of drug-likeness (QED) is 0.777. The molecule has 1 aliphatic rings. The molecule has 0 aliphatic carbocycles. The van der Waals surface area contributed by atoms with Crippen molar-refractivity contribution in [3.8, 4) is 11.5 Å². The molecule has 112 valence electrons. The zero-order valence-electron chi connectivity index (χ0n) is 12.1. The van der Waals surface area contributed by atoms with E-state index in [1.807, 2.05) is 18.3 Å². The van der Waals surface area contributed by atoms with E-state index >= 15 is 0 Å². The largest absolute Gasteiger partial charge is 0.486 e. The van der Waals surface area contributed by atoms with Gasteiger partial charge in [0.2, 0.25) is 0 Å². The molecule has 0 saturated heterocycles. The van der Waals surface area contributed by atoms with Crippen LogP contribution in [-0.2, 0) is 13.1 Å². The molecular formula is C17H17N3O2. The molecule has 0 bridgehead atoms. The van der Waals surface area contributed by atoms with Gasteiger partial charge in [-0.15, -0.1) is 0 Å². The predicted octanol–water partition coefficient (Wildman–Crippen LogP) is 2.62. The molecule has 2 heterocycles. The second-order valence-electron chi connectivity index (χ2n) is 5.30. The Kier molecular flexibility index (Phi) is 3.40. The van der Waals surface area contributed by atoms with Gasteiger partial charge < -0.3 is 14.8 Å². The van der Waals surface area contributed by atoms with Crippen molar-refractivity contribution in [2.45, 2.75) is 13.1 Å². The summed E-state index contributed by atoms with van der Waals surface area (Å²) in [6.07, 6.45) is 1.84. The summed E-state index contributed by atoms with van der Waals surface area (Å²) < 4.78 is 11.3. The van der Waals surface area contributed by atoms with Gasteiger partial charge in [0, 0.05) is 24.0 Å². The van der Waals surface area contributed by atoms with E-state index in [4.69, 9.17) is 9.47 Å². The number of aromatic nitrogens is 2. The van der Waals surface area contributed by atoms with E-state index < -0.39 is 0 Å². The second-order valence-corrected chi connectivity index (χ2v) is 5.30. The van der Waals surface area contributed by atoms with E-state index in [2.05, 4.69) is 39.8 Å². The molecule has 5 nitrogen and oxygen atoms in total. The lowest BCUT2D eigenvalue weighted by Crippen LogP contribution is -2.19. The minimum atomic E-state index is 0.609. The van der Waals surface area contributed by atoms with Gasteiger partial charge >= 0.3 is 0 Å². The highest BCUT2D eigenvalue weighted by atomic mass is 16.6. The molecule has 0 atom stereocenters. The Morgan fingerprint density at radius 1 is 1.00 bits per heavy atom. The van der Waals surface area contributed by atoms with Crippen LogP contribution < -0.4 is 14.8 Å². The standard InChI is InChI=1S/C17H17N3O2/c1-3-12(16-13(4-1)11-19-20-16)9-18-10-14-5-2-6-15-17(14)22-8-7-21-15/h1-6,11,18H,7-10H2,(H,19,20). The maximum atomic E-state index is 5.73. The molecule has 0 spiro atoms. The number of hydrogen-bond acceptors (Lipinski definition) is 4. The normalized spacial score (nSPS) is 13.5. The first kappa shape index (κ1) is 13.2. The Morgan fingerprint density at radius 3 is 2.82 bits per heavy atom. The minimum Gasteiger partial charge on any atom is -0.486 e. The average molecular weight is 295 g/mol. The van der Waals surface area contributed by atoms with Crippen molar-refractivity contribution in [2.75, 3.05) is 13.2 Å². The van der Waals surface area contributed by atoms with Crippen LogP contribution in [0.5, 0.6) is 11.5 Å². The van der Waals surface area contributed by atoms with E-state index in [1.54, 1.807) is 0 Å². The number of H-pyrrole nitrogens is 1. The average Bonchev–Trinajstić information content (AvgIpc) is 3.05. The number of para-hydroxylation sites is 2. The zero-order valence-corrected chi connectivity index (χ0v) is 12.1. The molecule has 1 aliphatic heterocycles. The molecule has 0 saturated carbocycles. The molecule has 4 rings (SSSR count). The van der Waals surface area contributed by atoms with Crippen LogP contribution in [-0.4, -0.2) is 23.4 Å². The molecular weight excluding hydrogens is 278 g/mol. The number of hydrogen-bond donors (Lipinski definition) is 2. The summed E-state index contributed by atoms with van der Waals surface area (Å²) >= 11 is 0. The fourth-order valence-electron chi connectivity index (χ4n) is 2.78. The van der Waals surface area contributed by atoms with Crippen LogP contribution in [0.2, 0.25) is 0 Å².